The van der Waals surface area contributed by atoms with Crippen molar-refractivity contribution >= 4 is 22.7 Å². The van der Waals surface area contributed by atoms with Crippen LogP contribution in [0, 0.1) is 17.1 Å². The summed E-state index contributed by atoms with van der Waals surface area (Å²) in [7, 11) is 0. The van der Waals surface area contributed by atoms with Gasteiger partial charge in [0, 0.05) is 24.0 Å². The maximum atomic E-state index is 14.2. The lowest BCUT2D eigenvalue weighted by Gasteiger charge is -2.17. The Morgan fingerprint density at radius 3 is 2.74 bits per heavy atom. The van der Waals surface area contributed by atoms with Gasteiger partial charge in [0.15, 0.2) is 0 Å². The molecule has 0 bridgehead atoms. The van der Waals surface area contributed by atoms with Crippen molar-refractivity contribution in [3.63, 3.8) is 0 Å². The molecule has 10 heteroatoms. The molecule has 4 aromatic heterocycles. The third-order valence-corrected chi connectivity index (χ3v) is 5.33. The minimum absolute atomic E-state index is 0.0814. The number of pyridine rings is 2. The topological polar surface area (TPSA) is 131 Å². The van der Waals surface area contributed by atoms with Gasteiger partial charge in [0.05, 0.1) is 34.7 Å². The number of anilines is 2. The zero-order valence-corrected chi connectivity index (χ0v) is 18.0. The van der Waals surface area contributed by atoms with Crippen LogP contribution >= 0.6 is 0 Å². The van der Waals surface area contributed by atoms with Gasteiger partial charge in [0.1, 0.15) is 41.2 Å². The van der Waals surface area contributed by atoms with Crippen molar-refractivity contribution in [2.24, 2.45) is 0 Å². The number of nitriles is 1. The van der Waals surface area contributed by atoms with Crippen LogP contribution < -0.4 is 11.1 Å². The minimum Gasteiger partial charge on any atom is -0.382 e. The highest BCUT2D eigenvalue weighted by Crippen LogP contribution is 2.29. The summed E-state index contributed by atoms with van der Waals surface area (Å²) in [6.07, 6.45) is 6.42. The molecule has 166 valence electrons. The van der Waals surface area contributed by atoms with Gasteiger partial charge in [-0.15, -0.1) is 0 Å². The van der Waals surface area contributed by atoms with E-state index in [1.807, 2.05) is 41.8 Å². The smallest absolute Gasteiger partial charge is 0.150 e. The number of halogens is 1. The molecule has 0 saturated heterocycles. The zero-order chi connectivity index (χ0) is 23.7. The molecule has 0 spiro atoms. The van der Waals surface area contributed by atoms with Crippen LogP contribution in [0.5, 0.6) is 0 Å². The number of nitrogen functional groups attached to an aromatic ring is 1. The Morgan fingerprint density at radius 1 is 1.12 bits per heavy atom. The molecule has 0 fully saturated rings. The average molecular weight is 451 g/mol. The normalized spacial score (nSPS) is 11.8. The first-order valence-corrected chi connectivity index (χ1v) is 10.4. The molecule has 34 heavy (non-hydrogen) atoms. The molecule has 4 heterocycles. The van der Waals surface area contributed by atoms with E-state index in [0.717, 1.165) is 11.3 Å². The highest BCUT2D eigenvalue weighted by molar-refractivity contribution is 5.79. The van der Waals surface area contributed by atoms with Gasteiger partial charge in [-0.1, -0.05) is 0 Å². The van der Waals surface area contributed by atoms with Crippen LogP contribution in [0.25, 0.3) is 28.0 Å². The second kappa shape index (κ2) is 8.55. The Morgan fingerprint density at radius 2 is 2.00 bits per heavy atom. The van der Waals surface area contributed by atoms with E-state index in [9.17, 15) is 9.65 Å². The van der Waals surface area contributed by atoms with Crippen molar-refractivity contribution in [1.29, 1.82) is 5.26 Å². The van der Waals surface area contributed by atoms with Crippen molar-refractivity contribution in [2.45, 2.75) is 13.0 Å². The monoisotopic (exact) mass is 451 g/mol. The molecule has 0 amide bonds. The highest BCUT2D eigenvalue weighted by Gasteiger charge is 2.21. The fraction of sp³-hybridized carbons (Fsp3) is 0.0833. The van der Waals surface area contributed by atoms with E-state index in [0.29, 0.717) is 22.5 Å². The van der Waals surface area contributed by atoms with Gasteiger partial charge in [-0.25, -0.2) is 19.3 Å². The Hall–Kier alpha value is -4.91. The quantitative estimate of drug-likeness (QED) is 0.409. The second-order valence-electron chi connectivity index (χ2n) is 7.54. The van der Waals surface area contributed by atoms with Crippen LogP contribution in [0.3, 0.4) is 0 Å². The molecule has 0 aliphatic heterocycles. The minimum atomic E-state index is -0.421. The first kappa shape index (κ1) is 21.0. The lowest BCUT2D eigenvalue weighted by Crippen LogP contribution is -2.15. The number of nitrogens with zero attached hydrogens (tertiary/aromatic N) is 7. The van der Waals surface area contributed by atoms with Crippen molar-refractivity contribution in [3.8, 4) is 23.0 Å². The van der Waals surface area contributed by atoms with Crippen LogP contribution in [-0.4, -0.2) is 29.5 Å². The van der Waals surface area contributed by atoms with Crippen LogP contribution in [0.4, 0.5) is 16.0 Å². The molecule has 0 aliphatic carbocycles. The van der Waals surface area contributed by atoms with Gasteiger partial charge >= 0.3 is 0 Å². The van der Waals surface area contributed by atoms with E-state index < -0.39 is 6.04 Å². The van der Waals surface area contributed by atoms with Gasteiger partial charge in [-0.3, -0.25) is 14.5 Å². The number of fused-ring (bicyclic) bond motifs is 1. The molecule has 5 rings (SSSR count). The van der Waals surface area contributed by atoms with Crippen LogP contribution in [0.2, 0.25) is 0 Å². The summed E-state index contributed by atoms with van der Waals surface area (Å²) in [5, 5.41) is 12.6. The van der Waals surface area contributed by atoms with Crippen molar-refractivity contribution in [1.82, 2.24) is 29.5 Å². The number of rotatable bonds is 5. The molecule has 5 aromatic rings. The first-order valence-electron chi connectivity index (χ1n) is 10.4. The van der Waals surface area contributed by atoms with E-state index in [-0.39, 0.29) is 23.0 Å². The lowest BCUT2D eigenvalue weighted by atomic mass is 10.2. The number of nitrogens with two attached hydrogens (primary N) is 1. The van der Waals surface area contributed by atoms with Crippen molar-refractivity contribution in [2.75, 3.05) is 11.1 Å². The Kier molecular flexibility index (Phi) is 5.27. The van der Waals surface area contributed by atoms with E-state index >= 15 is 0 Å². The highest BCUT2D eigenvalue weighted by atomic mass is 19.1. The van der Waals surface area contributed by atoms with E-state index in [1.165, 1.54) is 18.5 Å². The standard InChI is InChI=1S/C24H18FN9/c1-14(32-23-18(10-26)22(27)30-13-31-23)24-33-20-6-4-16(25)9-21(20)34(24)17-5-7-19(29-12-17)15-3-2-8-28-11-15/h2-9,11-14H,1H3,(H3,27,30,31,32)/t14-/m0/s1. The van der Waals surface area contributed by atoms with Crippen LogP contribution in [0.1, 0.15) is 24.4 Å². The lowest BCUT2D eigenvalue weighted by molar-refractivity contribution is 0.629. The average Bonchev–Trinajstić information content (AvgIpc) is 3.23. The summed E-state index contributed by atoms with van der Waals surface area (Å²) in [5.41, 5.74) is 9.51. The molecule has 0 aliphatic rings. The number of hydrogen-bond acceptors (Lipinski definition) is 8. The van der Waals surface area contributed by atoms with Crippen LogP contribution in [-0.2, 0) is 0 Å². The maximum absolute atomic E-state index is 14.2. The molecular weight excluding hydrogens is 433 g/mol. The molecule has 0 saturated carbocycles. The Balaban J connectivity index is 1.60. The molecule has 0 unspecified atom stereocenters. The fourth-order valence-electron chi connectivity index (χ4n) is 3.72. The number of aromatic nitrogens is 6. The third kappa shape index (κ3) is 3.75. The van der Waals surface area contributed by atoms with Gasteiger partial charge in [-0.05, 0) is 43.3 Å². The summed E-state index contributed by atoms with van der Waals surface area (Å²) in [6, 6.07) is 13.5. The predicted octanol–water partition coefficient (Wildman–Crippen LogP) is 4.04. The Bertz CT molecular complexity index is 1520. The zero-order valence-electron chi connectivity index (χ0n) is 18.0. The number of hydrogen-bond donors (Lipinski definition) is 2. The SMILES string of the molecule is C[C@H](Nc1ncnc(N)c1C#N)c1nc2ccc(F)cc2n1-c1ccc(-c2cccnc2)nc1. The van der Waals surface area contributed by atoms with Gasteiger partial charge in [-0.2, -0.15) is 5.26 Å². The van der Waals surface area contributed by atoms with Gasteiger partial charge in [0.2, 0.25) is 0 Å². The summed E-state index contributed by atoms with van der Waals surface area (Å²) >= 11 is 0. The van der Waals surface area contributed by atoms with Crippen molar-refractivity contribution in [3.05, 3.63) is 84.6 Å². The van der Waals surface area contributed by atoms with E-state index in [2.05, 4.69) is 25.3 Å². The summed E-state index contributed by atoms with van der Waals surface area (Å²) in [4.78, 5) is 21.4. The number of benzene rings is 1. The third-order valence-electron chi connectivity index (χ3n) is 5.33. The molecule has 1 aromatic carbocycles. The summed E-state index contributed by atoms with van der Waals surface area (Å²) in [5.74, 6) is 0.573. The predicted molar refractivity (Wildman–Crippen MR) is 125 cm³/mol. The Labute approximate surface area is 193 Å². The van der Waals surface area contributed by atoms with Gasteiger partial charge in [0.25, 0.3) is 0 Å². The molecular formula is C24H18FN9. The molecule has 1 atom stereocenters. The second-order valence-corrected chi connectivity index (χ2v) is 7.54. The molecule has 0 radical (unpaired) electrons. The van der Waals surface area contributed by atoms with E-state index in [4.69, 9.17) is 10.7 Å². The fourth-order valence-corrected chi connectivity index (χ4v) is 3.72. The number of imidazole rings is 1. The van der Waals surface area contributed by atoms with E-state index in [1.54, 1.807) is 24.7 Å². The summed E-state index contributed by atoms with van der Waals surface area (Å²) in [6.45, 7) is 1.87. The van der Waals surface area contributed by atoms with Gasteiger partial charge < -0.3 is 11.1 Å². The first-order chi connectivity index (χ1) is 16.5. The number of nitrogens with one attached hydrogen (secondary N) is 1. The van der Waals surface area contributed by atoms with Crippen molar-refractivity contribution < 1.29 is 4.39 Å². The largest absolute Gasteiger partial charge is 0.382 e. The summed E-state index contributed by atoms with van der Waals surface area (Å²) < 4.78 is 16.0. The maximum Gasteiger partial charge on any atom is 0.150 e. The molecule has 3 N–H and O–H groups in total. The molecule has 9 nitrogen and oxygen atoms in total. The van der Waals surface area contributed by atoms with Crippen LogP contribution in [0.15, 0.2) is 67.4 Å².